The number of fused-ring (bicyclic) bond motifs is 1. The molecule has 2 N–H and O–H groups in total. The second-order valence-electron chi connectivity index (χ2n) is 7.55. The lowest BCUT2D eigenvalue weighted by molar-refractivity contribution is -0.00941. The number of hydrogen-bond acceptors (Lipinski definition) is 4. The van der Waals surface area contributed by atoms with Crippen LogP contribution in [0.15, 0.2) is 0 Å². The highest BCUT2D eigenvalue weighted by molar-refractivity contribution is 7.98. The van der Waals surface area contributed by atoms with E-state index in [0.29, 0.717) is 0 Å². The maximum atomic E-state index is 6.23. The highest BCUT2D eigenvalue weighted by Gasteiger charge is 2.53. The Labute approximate surface area is 124 Å². The van der Waals surface area contributed by atoms with E-state index in [1.807, 2.05) is 11.8 Å². The molecule has 4 fully saturated rings. The molecule has 0 aromatic carbocycles. The van der Waals surface area contributed by atoms with Crippen LogP contribution in [0.4, 0.5) is 5.82 Å². The third-order valence-electron chi connectivity index (χ3n) is 6.12. The van der Waals surface area contributed by atoms with Gasteiger partial charge in [-0.3, -0.25) is 0 Å². The van der Waals surface area contributed by atoms with Crippen molar-refractivity contribution in [1.82, 2.24) is 9.97 Å². The first-order chi connectivity index (χ1) is 9.72. The Kier molecular flexibility index (Phi) is 2.31. The molecule has 1 aromatic heterocycles. The van der Waals surface area contributed by atoms with Gasteiger partial charge in [-0.05, 0) is 56.3 Å². The fourth-order valence-electron chi connectivity index (χ4n) is 5.70. The standard InChI is InChI=1S/C16H21N3S/c17-14-12-7-20-8-13(12)18-15(19-14)16-4-9-1-10(5-16)3-11(2-9)6-16/h9-11H,1-8H2,(H2,17,18,19). The van der Waals surface area contributed by atoms with Crippen molar-refractivity contribution in [2.45, 2.75) is 55.4 Å². The Morgan fingerprint density at radius 2 is 1.60 bits per heavy atom. The van der Waals surface area contributed by atoms with Crippen LogP contribution in [0.2, 0.25) is 0 Å². The molecule has 0 radical (unpaired) electrons. The smallest absolute Gasteiger partial charge is 0.137 e. The van der Waals surface area contributed by atoms with Gasteiger partial charge in [0.1, 0.15) is 11.6 Å². The quantitative estimate of drug-likeness (QED) is 0.861. The fraction of sp³-hybridized carbons (Fsp3) is 0.750. The van der Waals surface area contributed by atoms with Crippen LogP contribution in [-0.2, 0) is 16.9 Å². The summed E-state index contributed by atoms with van der Waals surface area (Å²) in [5, 5.41) is 0. The van der Waals surface area contributed by atoms with Crippen molar-refractivity contribution >= 4 is 17.6 Å². The average Bonchev–Trinajstić information content (AvgIpc) is 2.86. The molecule has 1 aromatic rings. The van der Waals surface area contributed by atoms with Gasteiger partial charge in [0, 0.05) is 22.5 Å². The third-order valence-corrected chi connectivity index (χ3v) is 7.09. The molecule has 5 aliphatic rings. The molecule has 4 saturated carbocycles. The second kappa shape index (κ2) is 3.90. The van der Waals surface area contributed by atoms with Crippen LogP contribution in [0.1, 0.15) is 55.6 Å². The molecule has 0 unspecified atom stereocenters. The highest BCUT2D eigenvalue weighted by Crippen LogP contribution is 2.60. The molecule has 0 amide bonds. The zero-order valence-corrected chi connectivity index (χ0v) is 12.6. The van der Waals surface area contributed by atoms with Gasteiger partial charge in [-0.1, -0.05) is 0 Å². The number of hydrogen-bond donors (Lipinski definition) is 1. The van der Waals surface area contributed by atoms with Crippen LogP contribution in [-0.4, -0.2) is 9.97 Å². The summed E-state index contributed by atoms with van der Waals surface area (Å²) in [6.07, 6.45) is 8.37. The maximum absolute atomic E-state index is 6.23. The van der Waals surface area contributed by atoms with E-state index in [-0.39, 0.29) is 5.41 Å². The minimum absolute atomic E-state index is 0.283. The van der Waals surface area contributed by atoms with Crippen molar-refractivity contribution in [3.8, 4) is 0 Å². The summed E-state index contributed by atoms with van der Waals surface area (Å²) in [4.78, 5) is 9.78. The first kappa shape index (κ1) is 11.8. The van der Waals surface area contributed by atoms with Gasteiger partial charge in [0.05, 0.1) is 5.69 Å². The fourth-order valence-corrected chi connectivity index (χ4v) is 6.75. The Morgan fingerprint density at radius 1 is 0.950 bits per heavy atom. The topological polar surface area (TPSA) is 51.8 Å². The molecule has 4 aliphatic carbocycles. The van der Waals surface area contributed by atoms with Crippen molar-refractivity contribution in [1.29, 1.82) is 0 Å². The van der Waals surface area contributed by atoms with E-state index < -0.39 is 0 Å². The van der Waals surface area contributed by atoms with Gasteiger partial charge in [0.15, 0.2) is 0 Å². The lowest BCUT2D eigenvalue weighted by Crippen LogP contribution is -2.49. The first-order valence-corrected chi connectivity index (χ1v) is 9.11. The minimum Gasteiger partial charge on any atom is -0.383 e. The largest absolute Gasteiger partial charge is 0.383 e. The summed E-state index contributed by atoms with van der Waals surface area (Å²) in [5.41, 5.74) is 8.95. The van der Waals surface area contributed by atoms with Gasteiger partial charge < -0.3 is 5.73 Å². The van der Waals surface area contributed by atoms with E-state index in [1.165, 1.54) is 49.8 Å². The molecule has 3 nitrogen and oxygen atoms in total. The number of anilines is 1. The first-order valence-electron chi connectivity index (χ1n) is 7.95. The van der Waals surface area contributed by atoms with Gasteiger partial charge in [-0.2, -0.15) is 11.8 Å². The average molecular weight is 287 g/mol. The van der Waals surface area contributed by atoms with E-state index in [0.717, 1.165) is 40.9 Å². The summed E-state index contributed by atoms with van der Waals surface area (Å²) in [6, 6.07) is 0. The molecule has 1 aliphatic heterocycles. The number of nitrogen functional groups attached to an aromatic ring is 1. The zero-order valence-electron chi connectivity index (χ0n) is 11.8. The maximum Gasteiger partial charge on any atom is 0.137 e. The molecule has 106 valence electrons. The molecular weight excluding hydrogens is 266 g/mol. The Bertz CT molecular complexity index is 548. The number of rotatable bonds is 1. The molecule has 4 bridgehead atoms. The minimum atomic E-state index is 0.283. The van der Waals surface area contributed by atoms with Crippen LogP contribution in [0.3, 0.4) is 0 Å². The summed E-state index contributed by atoms with van der Waals surface area (Å²) in [7, 11) is 0. The van der Waals surface area contributed by atoms with Gasteiger partial charge in [0.25, 0.3) is 0 Å². The van der Waals surface area contributed by atoms with Crippen LogP contribution >= 0.6 is 11.8 Å². The van der Waals surface area contributed by atoms with E-state index in [1.54, 1.807) is 0 Å². The lowest BCUT2D eigenvalue weighted by Gasteiger charge is -2.56. The summed E-state index contributed by atoms with van der Waals surface area (Å²) in [5.74, 6) is 6.72. The van der Waals surface area contributed by atoms with Crippen molar-refractivity contribution in [3.63, 3.8) is 0 Å². The van der Waals surface area contributed by atoms with Crippen LogP contribution < -0.4 is 5.73 Å². The SMILES string of the molecule is Nc1nc(C23CC4CC(CC(C4)C2)C3)nc2c1CSC2. The van der Waals surface area contributed by atoms with Gasteiger partial charge in [0.2, 0.25) is 0 Å². The molecule has 20 heavy (non-hydrogen) atoms. The summed E-state index contributed by atoms with van der Waals surface area (Å²) in [6.45, 7) is 0. The van der Waals surface area contributed by atoms with E-state index in [9.17, 15) is 0 Å². The molecule has 6 rings (SSSR count). The van der Waals surface area contributed by atoms with Crippen LogP contribution in [0.25, 0.3) is 0 Å². The Balaban J connectivity index is 1.61. The van der Waals surface area contributed by atoms with E-state index >= 15 is 0 Å². The normalized spacial score (nSPS) is 41.1. The van der Waals surface area contributed by atoms with Crippen LogP contribution in [0, 0.1) is 17.8 Å². The van der Waals surface area contributed by atoms with Crippen molar-refractivity contribution in [2.24, 2.45) is 17.8 Å². The number of thioether (sulfide) groups is 1. The Morgan fingerprint density at radius 3 is 2.25 bits per heavy atom. The summed E-state index contributed by atoms with van der Waals surface area (Å²) < 4.78 is 0. The Hall–Kier alpha value is -0.770. The van der Waals surface area contributed by atoms with Crippen LogP contribution in [0.5, 0.6) is 0 Å². The van der Waals surface area contributed by atoms with E-state index in [4.69, 9.17) is 15.7 Å². The van der Waals surface area contributed by atoms with Gasteiger partial charge in [-0.25, -0.2) is 9.97 Å². The van der Waals surface area contributed by atoms with Crippen molar-refractivity contribution in [3.05, 3.63) is 17.1 Å². The predicted octanol–water partition coefficient (Wildman–Crippen LogP) is 3.27. The molecule has 0 atom stereocenters. The molecule has 0 saturated heterocycles. The highest BCUT2D eigenvalue weighted by atomic mass is 32.2. The summed E-state index contributed by atoms with van der Waals surface area (Å²) >= 11 is 1.92. The number of aromatic nitrogens is 2. The molecular formula is C16H21N3S. The van der Waals surface area contributed by atoms with Gasteiger partial charge >= 0.3 is 0 Å². The second-order valence-corrected chi connectivity index (χ2v) is 8.53. The van der Waals surface area contributed by atoms with Crippen molar-refractivity contribution < 1.29 is 0 Å². The number of nitrogens with zero attached hydrogens (tertiary/aromatic N) is 2. The molecule has 4 heteroatoms. The zero-order chi connectivity index (χ0) is 13.3. The predicted molar refractivity (Wildman–Crippen MR) is 81.3 cm³/mol. The lowest BCUT2D eigenvalue weighted by atomic mass is 9.49. The van der Waals surface area contributed by atoms with E-state index in [2.05, 4.69) is 0 Å². The monoisotopic (exact) mass is 287 g/mol. The van der Waals surface area contributed by atoms with Gasteiger partial charge in [-0.15, -0.1) is 0 Å². The molecule has 2 heterocycles. The third kappa shape index (κ3) is 1.54. The molecule has 0 spiro atoms. The number of nitrogens with two attached hydrogens (primary N) is 1. The van der Waals surface area contributed by atoms with Crippen molar-refractivity contribution in [2.75, 3.05) is 5.73 Å².